The van der Waals surface area contributed by atoms with Gasteiger partial charge in [-0.2, -0.15) is 8.78 Å². The third-order valence-corrected chi connectivity index (χ3v) is 3.80. The number of esters is 1. The first kappa shape index (κ1) is 17.9. The molecule has 0 aromatic heterocycles. The molecular formula is C15H17F3N2O4. The van der Waals surface area contributed by atoms with Crippen LogP contribution in [0.5, 0.6) is 5.75 Å². The number of methoxy groups -OCH3 is 1. The fraction of sp³-hybridized carbons (Fsp3) is 0.467. The van der Waals surface area contributed by atoms with Gasteiger partial charge in [0.1, 0.15) is 0 Å². The third-order valence-electron chi connectivity index (χ3n) is 3.80. The zero-order valence-corrected chi connectivity index (χ0v) is 13.1. The van der Waals surface area contributed by atoms with Gasteiger partial charge in [-0.15, -0.1) is 0 Å². The molecule has 0 spiro atoms. The number of urea groups is 1. The van der Waals surface area contributed by atoms with Crippen molar-refractivity contribution in [3.8, 4) is 5.75 Å². The van der Waals surface area contributed by atoms with Gasteiger partial charge in [0.05, 0.1) is 13.0 Å². The first-order chi connectivity index (χ1) is 11.3. The second kappa shape index (κ2) is 7.41. The quantitative estimate of drug-likeness (QED) is 0.851. The monoisotopic (exact) mass is 346 g/mol. The van der Waals surface area contributed by atoms with Crippen molar-refractivity contribution in [1.82, 2.24) is 4.90 Å². The molecule has 0 radical (unpaired) electrons. The Bertz CT molecular complexity index is 627. The van der Waals surface area contributed by atoms with E-state index in [1.807, 2.05) is 6.92 Å². The van der Waals surface area contributed by atoms with Crippen molar-refractivity contribution < 1.29 is 32.2 Å². The first-order valence-corrected chi connectivity index (χ1v) is 7.20. The van der Waals surface area contributed by atoms with Gasteiger partial charge in [0.15, 0.2) is 11.6 Å². The number of carbonyl (C=O) groups is 2. The van der Waals surface area contributed by atoms with Crippen molar-refractivity contribution in [2.75, 3.05) is 25.5 Å². The van der Waals surface area contributed by atoms with Crippen LogP contribution in [0.1, 0.15) is 6.92 Å². The zero-order chi connectivity index (χ0) is 17.9. The lowest BCUT2D eigenvalue weighted by atomic mass is 9.99. The van der Waals surface area contributed by atoms with E-state index in [4.69, 9.17) is 0 Å². The highest BCUT2D eigenvalue weighted by atomic mass is 19.3. The molecule has 1 saturated heterocycles. The fourth-order valence-corrected chi connectivity index (χ4v) is 2.56. The average molecular weight is 346 g/mol. The van der Waals surface area contributed by atoms with Gasteiger partial charge in [-0.25, -0.2) is 9.18 Å². The number of amides is 2. The minimum atomic E-state index is -3.14. The van der Waals surface area contributed by atoms with Crippen LogP contribution in [0, 0.1) is 17.7 Å². The molecule has 1 aromatic carbocycles. The second-order valence-corrected chi connectivity index (χ2v) is 5.47. The van der Waals surface area contributed by atoms with E-state index in [1.54, 1.807) is 0 Å². The predicted molar refractivity (Wildman–Crippen MR) is 78.3 cm³/mol. The highest BCUT2D eigenvalue weighted by molar-refractivity contribution is 5.90. The zero-order valence-electron chi connectivity index (χ0n) is 13.1. The molecule has 1 aromatic rings. The Labute approximate surface area is 136 Å². The molecule has 2 rings (SSSR count). The normalized spacial score (nSPS) is 20.2. The highest BCUT2D eigenvalue weighted by Gasteiger charge is 2.37. The standard InChI is InChI=1S/C15H17F3N2O4/c1-8-6-20(7-10(8)13(21)23-2)15(22)19-9-3-4-12(11(16)5-9)24-14(17)18/h3-5,8,10,14H,6-7H2,1-2H3,(H,19,22)/t8-,10-/m1/s1. The van der Waals surface area contributed by atoms with Gasteiger partial charge in [-0.05, 0) is 18.1 Å². The lowest BCUT2D eigenvalue weighted by molar-refractivity contribution is -0.146. The van der Waals surface area contributed by atoms with Crippen molar-refractivity contribution in [1.29, 1.82) is 0 Å². The van der Waals surface area contributed by atoms with Crippen molar-refractivity contribution in [2.24, 2.45) is 11.8 Å². The number of ether oxygens (including phenoxy) is 2. The largest absolute Gasteiger partial charge is 0.469 e. The van der Waals surface area contributed by atoms with Crippen LogP contribution < -0.4 is 10.1 Å². The third kappa shape index (κ3) is 4.09. The van der Waals surface area contributed by atoms with Crippen LogP contribution in [0.25, 0.3) is 0 Å². The van der Waals surface area contributed by atoms with E-state index >= 15 is 0 Å². The van der Waals surface area contributed by atoms with Crippen molar-refractivity contribution in [3.63, 3.8) is 0 Å². The molecule has 1 N–H and O–H groups in total. The Morgan fingerprint density at radius 3 is 2.62 bits per heavy atom. The fourth-order valence-electron chi connectivity index (χ4n) is 2.56. The highest BCUT2D eigenvalue weighted by Crippen LogP contribution is 2.26. The van der Waals surface area contributed by atoms with Gasteiger partial charge in [0.25, 0.3) is 0 Å². The summed E-state index contributed by atoms with van der Waals surface area (Å²) in [4.78, 5) is 25.2. The molecule has 132 valence electrons. The Morgan fingerprint density at radius 1 is 1.33 bits per heavy atom. The molecule has 2 amide bonds. The van der Waals surface area contributed by atoms with Crippen molar-refractivity contribution in [2.45, 2.75) is 13.5 Å². The number of nitrogens with zero attached hydrogens (tertiary/aromatic N) is 1. The smallest absolute Gasteiger partial charge is 0.387 e. The van der Waals surface area contributed by atoms with Gasteiger partial charge in [0.2, 0.25) is 0 Å². The van der Waals surface area contributed by atoms with Crippen LogP contribution in [0.4, 0.5) is 23.7 Å². The van der Waals surface area contributed by atoms with Crippen LogP contribution in [-0.2, 0) is 9.53 Å². The maximum atomic E-state index is 13.6. The molecule has 0 unspecified atom stereocenters. The van der Waals surface area contributed by atoms with Gasteiger partial charge in [0, 0.05) is 24.8 Å². The molecule has 24 heavy (non-hydrogen) atoms. The van der Waals surface area contributed by atoms with Crippen LogP contribution in [0.3, 0.4) is 0 Å². The van der Waals surface area contributed by atoms with Crippen LogP contribution in [0.15, 0.2) is 18.2 Å². The van der Waals surface area contributed by atoms with E-state index < -0.39 is 36.1 Å². The van der Waals surface area contributed by atoms with Gasteiger partial charge in [-0.3, -0.25) is 4.79 Å². The summed E-state index contributed by atoms with van der Waals surface area (Å²) in [5.41, 5.74) is 0.0910. The Balaban J connectivity index is 2.00. The maximum Gasteiger partial charge on any atom is 0.387 e. The molecule has 2 atom stereocenters. The lowest BCUT2D eigenvalue weighted by Gasteiger charge is -2.17. The summed E-state index contributed by atoms with van der Waals surface area (Å²) in [6.45, 7) is -0.776. The number of benzene rings is 1. The second-order valence-electron chi connectivity index (χ2n) is 5.47. The molecule has 0 aliphatic carbocycles. The SMILES string of the molecule is COC(=O)[C@@H]1CN(C(=O)Nc2ccc(OC(F)F)c(F)c2)C[C@H]1C. The van der Waals surface area contributed by atoms with Gasteiger partial charge < -0.3 is 19.7 Å². The number of carbonyl (C=O) groups excluding carboxylic acids is 2. The number of likely N-dealkylation sites (tertiary alicyclic amines) is 1. The van der Waals surface area contributed by atoms with Gasteiger partial charge in [-0.1, -0.05) is 6.92 Å². The minimum absolute atomic E-state index is 0.0678. The van der Waals surface area contributed by atoms with Crippen LogP contribution >= 0.6 is 0 Å². The summed E-state index contributed by atoms with van der Waals surface area (Å²) in [5.74, 6) is -2.50. The van der Waals surface area contributed by atoms with Crippen molar-refractivity contribution in [3.05, 3.63) is 24.0 Å². The van der Waals surface area contributed by atoms with E-state index in [9.17, 15) is 22.8 Å². The summed E-state index contributed by atoms with van der Waals surface area (Å²) in [7, 11) is 1.28. The van der Waals surface area contributed by atoms with E-state index in [-0.39, 0.29) is 18.2 Å². The number of nitrogens with one attached hydrogen (secondary N) is 1. The number of hydrogen-bond donors (Lipinski definition) is 1. The minimum Gasteiger partial charge on any atom is -0.469 e. The summed E-state index contributed by atoms with van der Waals surface area (Å²) in [6.07, 6.45) is 0. The first-order valence-electron chi connectivity index (χ1n) is 7.20. The van der Waals surface area contributed by atoms with Crippen LogP contribution in [-0.4, -0.2) is 43.7 Å². The van der Waals surface area contributed by atoms with Crippen LogP contribution in [0.2, 0.25) is 0 Å². The molecule has 1 aliphatic rings. The predicted octanol–water partition coefficient (Wildman–Crippen LogP) is 2.70. The number of anilines is 1. The molecular weight excluding hydrogens is 329 g/mol. The molecule has 1 fully saturated rings. The topological polar surface area (TPSA) is 67.9 Å². The van der Waals surface area contributed by atoms with Gasteiger partial charge >= 0.3 is 18.6 Å². The maximum absolute atomic E-state index is 13.6. The summed E-state index contributed by atoms with van der Waals surface area (Å²) in [5, 5.41) is 2.46. The molecule has 0 saturated carbocycles. The summed E-state index contributed by atoms with van der Waals surface area (Å²) in [6, 6.07) is 2.61. The molecule has 0 bridgehead atoms. The lowest BCUT2D eigenvalue weighted by Crippen LogP contribution is -2.34. The average Bonchev–Trinajstić information content (AvgIpc) is 2.91. The number of halogens is 3. The Morgan fingerprint density at radius 2 is 2.04 bits per heavy atom. The Kier molecular flexibility index (Phi) is 5.53. The number of alkyl halides is 2. The van der Waals surface area contributed by atoms with E-state index in [0.717, 1.165) is 12.1 Å². The van der Waals surface area contributed by atoms with E-state index in [2.05, 4.69) is 14.8 Å². The molecule has 6 nitrogen and oxygen atoms in total. The summed E-state index contributed by atoms with van der Waals surface area (Å²) >= 11 is 0. The number of rotatable bonds is 4. The van der Waals surface area contributed by atoms with Crippen molar-refractivity contribution >= 4 is 17.7 Å². The molecule has 1 heterocycles. The summed E-state index contributed by atoms with van der Waals surface area (Å²) < 4.78 is 46.5. The Hall–Kier alpha value is -2.45. The van der Waals surface area contributed by atoms with E-state index in [1.165, 1.54) is 18.1 Å². The number of hydrogen-bond acceptors (Lipinski definition) is 4. The molecule has 1 aliphatic heterocycles. The van der Waals surface area contributed by atoms with E-state index in [0.29, 0.717) is 6.54 Å². The molecule has 9 heteroatoms.